The van der Waals surface area contributed by atoms with Crippen LogP contribution in [0.5, 0.6) is 5.75 Å². The molecule has 14 heteroatoms. The first-order chi connectivity index (χ1) is 29.9. The molecule has 0 aliphatic rings. The van der Waals surface area contributed by atoms with Crippen molar-refractivity contribution < 1.29 is 42.9 Å². The first kappa shape index (κ1) is 56.1. The fourth-order valence-corrected chi connectivity index (χ4v) is 24.0. The van der Waals surface area contributed by atoms with Crippen LogP contribution in [0, 0.1) is 5.92 Å². The second-order valence-corrected chi connectivity index (χ2v) is 33.0. The van der Waals surface area contributed by atoms with E-state index in [1.807, 2.05) is 51.1 Å². The normalized spacial score (nSPS) is 12.8. The number of benzene rings is 2. The number of aliphatic imine (C=N–C) groups is 1. The maximum atomic E-state index is 15.2. The number of alkyl carbamates (subject to hydrolysis) is 1. The van der Waals surface area contributed by atoms with Crippen LogP contribution in [-0.2, 0) is 36.7 Å². The Morgan fingerprint density at radius 2 is 1.28 bits per heavy atom. The average molecular weight is 1000 g/mol. The van der Waals surface area contributed by atoms with Crippen molar-refractivity contribution in [3.8, 4) is 5.75 Å². The zero-order chi connectivity index (χ0) is 48.3. The van der Waals surface area contributed by atoms with Crippen LogP contribution >= 0.6 is 0 Å². The van der Waals surface area contributed by atoms with Crippen LogP contribution in [0.3, 0.4) is 0 Å². The number of rotatable bonds is 21. The number of esters is 1. The zero-order valence-corrected chi connectivity index (χ0v) is 44.9. The van der Waals surface area contributed by atoms with Crippen molar-refractivity contribution in [3.63, 3.8) is 0 Å². The fourth-order valence-electron chi connectivity index (χ4n) is 7.40. The van der Waals surface area contributed by atoms with E-state index >= 15 is 4.79 Å². The van der Waals surface area contributed by atoms with Crippen LogP contribution in [0.4, 0.5) is 25.8 Å². The Kier molecular flexibility index (Phi) is 23.0. The number of hydrogen-bond acceptors (Lipinski definition) is 10. The molecule has 0 spiro atoms. The van der Waals surface area contributed by atoms with Crippen LogP contribution in [0.25, 0.3) is 0 Å². The number of methoxy groups -OCH3 is 1. The van der Waals surface area contributed by atoms with Crippen LogP contribution in [0.1, 0.15) is 159 Å². The van der Waals surface area contributed by atoms with Gasteiger partial charge in [-0.3, -0.25) is 0 Å². The standard InChI is InChI=1S/C38H55N4O9.3C4H9.Sn/c1-13-48-31(43)21-14-25(2)22-27-23-28(17-20-30(27)40-33(44)49-36(3,4)5)42(35(46)51-38(9,10)11)32(41-34(45)50-37(6,7)8)39-24-26-15-18-29(47-12)19-16-26;3*1-3-4-2;/h15-16,18-20,23,25H,13-14,21-22,24H2,1-12H3,(H,40,44)(H,39,41,45);3*1,3-4H2,2H3;. The Morgan fingerprint density at radius 3 is 1.77 bits per heavy atom. The van der Waals surface area contributed by atoms with E-state index in [4.69, 9.17) is 28.7 Å². The van der Waals surface area contributed by atoms with Gasteiger partial charge in [-0.25, -0.2) is 0 Å². The summed E-state index contributed by atoms with van der Waals surface area (Å²) in [4.78, 5) is 61.8. The zero-order valence-electron chi connectivity index (χ0n) is 42.0. The van der Waals surface area contributed by atoms with Gasteiger partial charge in [-0.2, -0.15) is 0 Å². The van der Waals surface area contributed by atoms with E-state index in [9.17, 15) is 14.4 Å². The number of amides is 3. The third-order valence-electron chi connectivity index (χ3n) is 10.4. The van der Waals surface area contributed by atoms with E-state index in [1.54, 1.807) is 55.6 Å². The molecule has 13 nitrogen and oxygen atoms in total. The molecule has 2 aromatic carbocycles. The molecule has 2 rings (SSSR count). The minimum atomic E-state index is -3.71. The van der Waals surface area contributed by atoms with E-state index in [0.717, 1.165) is 66.5 Å². The number of guanidine groups is 1. The van der Waals surface area contributed by atoms with Crippen molar-refractivity contribution in [1.29, 1.82) is 0 Å². The van der Waals surface area contributed by atoms with Gasteiger partial charge < -0.3 is 0 Å². The molecule has 0 bridgehead atoms. The Balaban J connectivity index is 3.30. The fraction of sp³-hybridized carbons (Fsp3) is 0.660. The summed E-state index contributed by atoms with van der Waals surface area (Å²) in [6, 6.07) is 11.5. The topological polar surface area (TPSA) is 154 Å². The molecule has 360 valence electrons. The third kappa shape index (κ3) is 20.0. The molecule has 0 fully saturated rings. The molecule has 0 saturated carbocycles. The van der Waals surface area contributed by atoms with E-state index < -0.39 is 53.5 Å². The van der Waals surface area contributed by atoms with Gasteiger partial charge in [0.1, 0.15) is 0 Å². The van der Waals surface area contributed by atoms with Crippen molar-refractivity contribution in [2.75, 3.05) is 23.9 Å². The molecule has 0 radical (unpaired) electrons. The number of carbonyl (C=O) groups excluding carboxylic acids is 4. The van der Waals surface area contributed by atoms with Crippen LogP contribution in [0.15, 0.2) is 41.4 Å². The number of hydrogen-bond donors (Lipinski definition) is 2. The predicted octanol–water partition coefficient (Wildman–Crippen LogP) is 12.4. The minimum absolute atomic E-state index is 0.0473. The van der Waals surface area contributed by atoms with Gasteiger partial charge in [0.2, 0.25) is 0 Å². The molecule has 3 amide bonds. The van der Waals surface area contributed by atoms with Gasteiger partial charge in [0.25, 0.3) is 0 Å². The van der Waals surface area contributed by atoms with Gasteiger partial charge in [-0.05, 0) is 0 Å². The van der Waals surface area contributed by atoms with Gasteiger partial charge in [-0.15, -0.1) is 0 Å². The van der Waals surface area contributed by atoms with Crippen molar-refractivity contribution in [3.05, 3.63) is 47.5 Å². The van der Waals surface area contributed by atoms with Crippen molar-refractivity contribution in [2.24, 2.45) is 10.9 Å². The van der Waals surface area contributed by atoms with E-state index in [2.05, 4.69) is 44.4 Å². The second kappa shape index (κ2) is 26.2. The molecule has 64 heavy (non-hydrogen) atoms. The Morgan fingerprint density at radius 1 is 0.750 bits per heavy atom. The van der Waals surface area contributed by atoms with Crippen molar-refractivity contribution in [1.82, 2.24) is 5.32 Å². The summed E-state index contributed by atoms with van der Waals surface area (Å²) < 4.78 is 32.6. The third-order valence-corrected chi connectivity index (χ3v) is 26.0. The molecule has 0 aromatic heterocycles. The van der Waals surface area contributed by atoms with Gasteiger partial charge >= 0.3 is 391 Å². The van der Waals surface area contributed by atoms with Gasteiger partial charge in [0.05, 0.1) is 0 Å². The van der Waals surface area contributed by atoms with Gasteiger partial charge in [0, 0.05) is 0 Å². The number of ether oxygens (including phenoxy) is 5. The van der Waals surface area contributed by atoms with Gasteiger partial charge in [-0.1, -0.05) is 0 Å². The molecular formula is C50H82N4O9Sn. The molecule has 2 aromatic rings. The number of nitrogens with zero attached hydrogens (tertiary/aromatic N) is 2. The Hall–Kier alpha value is -4.01. The predicted molar refractivity (Wildman–Crippen MR) is 262 cm³/mol. The molecule has 1 unspecified atom stereocenters. The monoisotopic (exact) mass is 1000 g/mol. The van der Waals surface area contributed by atoms with E-state index in [1.165, 1.54) is 4.90 Å². The van der Waals surface area contributed by atoms with Crippen LogP contribution in [0.2, 0.25) is 13.3 Å². The molecule has 0 aliphatic heterocycles. The summed E-state index contributed by atoms with van der Waals surface area (Å²) in [5, 5.41) is 6.02. The number of unbranched alkanes of at least 4 members (excludes halogenated alkanes) is 3. The SMILES string of the molecule is CCC[CH2][Sn]([CH2]CCC)([CH2]CCC)[c]1cc(NC(=O)OC(C)(C)C)c(CC(C)CCC(=O)OCC)cc1N(C(=O)OC(C)(C)C)C(=NCc1ccc(OC)cc1)NC(=O)OC(C)(C)C. The Bertz CT molecular complexity index is 1810. The summed E-state index contributed by atoms with van der Waals surface area (Å²) >= 11 is -3.71. The molecule has 1 atom stereocenters. The van der Waals surface area contributed by atoms with Crippen LogP contribution in [-0.4, -0.2) is 79.1 Å². The van der Waals surface area contributed by atoms with Crippen molar-refractivity contribution in [2.45, 2.75) is 191 Å². The number of anilines is 2. The van der Waals surface area contributed by atoms with Crippen LogP contribution < -0.4 is 23.8 Å². The molecule has 0 saturated heterocycles. The number of carbonyl (C=O) groups is 4. The molecule has 2 N–H and O–H groups in total. The van der Waals surface area contributed by atoms with E-state index in [-0.39, 0.29) is 30.8 Å². The van der Waals surface area contributed by atoms with E-state index in [0.29, 0.717) is 36.6 Å². The quantitative estimate of drug-likeness (QED) is 0.0409. The summed E-state index contributed by atoms with van der Waals surface area (Å²) in [5.41, 5.74) is 0.122. The summed E-state index contributed by atoms with van der Waals surface area (Å²) in [6.07, 6.45) is 5.08. The average Bonchev–Trinajstić information content (AvgIpc) is 3.18. The molecule has 0 heterocycles. The first-order valence-electron chi connectivity index (χ1n) is 23.4. The number of nitrogens with one attached hydrogen (secondary N) is 2. The maximum absolute atomic E-state index is 15.2. The van der Waals surface area contributed by atoms with Gasteiger partial charge in [0.15, 0.2) is 0 Å². The first-order valence-corrected chi connectivity index (χ1v) is 30.9. The van der Waals surface area contributed by atoms with Crippen molar-refractivity contribution >= 4 is 63.5 Å². The summed E-state index contributed by atoms with van der Waals surface area (Å²) in [5.74, 6) is 0.297. The summed E-state index contributed by atoms with van der Waals surface area (Å²) in [6.45, 7) is 27.0. The molecular weight excluding hydrogens is 919 g/mol. The second-order valence-electron chi connectivity index (χ2n) is 19.8. The molecule has 0 aliphatic carbocycles. The summed E-state index contributed by atoms with van der Waals surface area (Å²) in [7, 11) is 1.60. The Labute approximate surface area is 389 Å².